The molecule has 13 heavy (non-hydrogen) atoms. The van der Waals surface area contributed by atoms with Gasteiger partial charge in [0, 0.05) is 10.9 Å². The van der Waals surface area contributed by atoms with Gasteiger partial charge in [-0.05, 0) is 19.1 Å². The van der Waals surface area contributed by atoms with Crippen LogP contribution in [0.4, 0.5) is 0 Å². The van der Waals surface area contributed by atoms with Crippen LogP contribution >= 0.6 is 11.6 Å². The Morgan fingerprint density at radius 1 is 1.54 bits per heavy atom. The third kappa shape index (κ3) is 1.31. The van der Waals surface area contributed by atoms with Crippen molar-refractivity contribution in [3.63, 3.8) is 0 Å². The molecule has 1 aromatic heterocycles. The van der Waals surface area contributed by atoms with Gasteiger partial charge in [0.25, 0.3) is 0 Å². The van der Waals surface area contributed by atoms with Crippen molar-refractivity contribution in [1.82, 2.24) is 10.2 Å². The molecule has 0 aliphatic carbocycles. The molecule has 0 spiro atoms. The maximum Gasteiger partial charge on any atom is 0.159 e. The molecule has 0 bridgehead atoms. The number of aromatic nitrogens is 2. The largest absolute Gasteiger partial charge is 0.295 e. The summed E-state index contributed by atoms with van der Waals surface area (Å²) in [4.78, 5) is 11.1. The fourth-order valence-corrected chi connectivity index (χ4v) is 1.48. The summed E-state index contributed by atoms with van der Waals surface area (Å²) in [6.07, 6.45) is 1.64. The van der Waals surface area contributed by atoms with Gasteiger partial charge in [-0.1, -0.05) is 11.6 Å². The molecule has 0 unspecified atom stereocenters. The first kappa shape index (κ1) is 8.26. The minimum Gasteiger partial charge on any atom is -0.295 e. The molecule has 0 aliphatic heterocycles. The molecule has 4 heteroatoms. The minimum absolute atomic E-state index is 0.00148. The number of nitrogens with zero attached hydrogens (tertiary/aromatic N) is 1. The Bertz CT molecular complexity index is 475. The average Bonchev–Trinajstić information content (AvgIpc) is 2.51. The number of halogens is 1. The van der Waals surface area contributed by atoms with E-state index in [1.807, 2.05) is 0 Å². The molecular formula is C9H7ClN2O. The van der Waals surface area contributed by atoms with Crippen LogP contribution in [0, 0.1) is 0 Å². The fourth-order valence-electron chi connectivity index (χ4n) is 1.21. The zero-order valence-electron chi connectivity index (χ0n) is 6.97. The minimum atomic E-state index is -0.00148. The van der Waals surface area contributed by atoms with Crippen molar-refractivity contribution >= 4 is 28.3 Å². The standard InChI is InChI=1S/C9H7ClN2O/c1-5(13)6-2-8(10)7-4-11-12-9(7)3-6/h2-4H,1H3,(H,11,12). The molecule has 2 rings (SSSR count). The van der Waals surface area contributed by atoms with E-state index >= 15 is 0 Å². The second kappa shape index (κ2) is 2.85. The smallest absolute Gasteiger partial charge is 0.159 e. The summed E-state index contributed by atoms with van der Waals surface area (Å²) in [5, 5.41) is 8.00. The molecule has 1 N–H and O–H groups in total. The van der Waals surface area contributed by atoms with E-state index in [2.05, 4.69) is 10.2 Å². The van der Waals surface area contributed by atoms with E-state index in [0.29, 0.717) is 10.6 Å². The molecule has 0 atom stereocenters. The number of carbonyl (C=O) groups excluding carboxylic acids is 1. The highest BCUT2D eigenvalue weighted by molar-refractivity contribution is 6.35. The van der Waals surface area contributed by atoms with Crippen LogP contribution in [0.25, 0.3) is 10.9 Å². The molecule has 2 aromatic rings. The number of rotatable bonds is 1. The van der Waals surface area contributed by atoms with E-state index in [-0.39, 0.29) is 5.78 Å². The Hall–Kier alpha value is -1.35. The maximum atomic E-state index is 11.1. The van der Waals surface area contributed by atoms with Crippen LogP contribution in [-0.2, 0) is 0 Å². The lowest BCUT2D eigenvalue weighted by molar-refractivity contribution is 0.101. The third-order valence-electron chi connectivity index (χ3n) is 1.91. The van der Waals surface area contributed by atoms with Gasteiger partial charge in [-0.3, -0.25) is 9.89 Å². The first-order valence-corrected chi connectivity index (χ1v) is 4.20. The molecule has 3 nitrogen and oxygen atoms in total. The molecule has 0 amide bonds. The van der Waals surface area contributed by atoms with E-state index in [1.54, 1.807) is 18.3 Å². The Morgan fingerprint density at radius 3 is 3.00 bits per heavy atom. The first-order valence-electron chi connectivity index (χ1n) is 3.82. The molecule has 1 heterocycles. The van der Waals surface area contributed by atoms with Crippen molar-refractivity contribution in [2.45, 2.75) is 6.92 Å². The number of aromatic amines is 1. The van der Waals surface area contributed by atoms with Gasteiger partial charge in [0.05, 0.1) is 16.7 Å². The summed E-state index contributed by atoms with van der Waals surface area (Å²) >= 11 is 5.94. The molecule has 0 fully saturated rings. The summed E-state index contributed by atoms with van der Waals surface area (Å²) in [5.41, 5.74) is 1.39. The lowest BCUT2D eigenvalue weighted by Gasteiger charge is -1.97. The van der Waals surface area contributed by atoms with Crippen molar-refractivity contribution in [2.24, 2.45) is 0 Å². The van der Waals surface area contributed by atoms with E-state index in [9.17, 15) is 4.79 Å². The van der Waals surface area contributed by atoms with Gasteiger partial charge in [-0.25, -0.2) is 0 Å². The predicted molar refractivity (Wildman–Crippen MR) is 51.1 cm³/mol. The van der Waals surface area contributed by atoms with Crippen molar-refractivity contribution in [3.05, 3.63) is 28.9 Å². The average molecular weight is 195 g/mol. The fraction of sp³-hybridized carbons (Fsp3) is 0.111. The van der Waals surface area contributed by atoms with Gasteiger partial charge in [-0.15, -0.1) is 0 Å². The van der Waals surface area contributed by atoms with Crippen molar-refractivity contribution < 1.29 is 4.79 Å². The van der Waals surface area contributed by atoms with Crippen LogP contribution in [-0.4, -0.2) is 16.0 Å². The van der Waals surface area contributed by atoms with Crippen LogP contribution in [0.15, 0.2) is 18.3 Å². The number of hydrogen-bond acceptors (Lipinski definition) is 2. The van der Waals surface area contributed by atoms with Crippen molar-refractivity contribution in [1.29, 1.82) is 0 Å². The number of benzene rings is 1. The predicted octanol–water partition coefficient (Wildman–Crippen LogP) is 2.42. The normalized spacial score (nSPS) is 10.6. The number of nitrogens with one attached hydrogen (secondary N) is 1. The van der Waals surface area contributed by atoms with Crippen LogP contribution < -0.4 is 0 Å². The lowest BCUT2D eigenvalue weighted by atomic mass is 10.1. The lowest BCUT2D eigenvalue weighted by Crippen LogP contribution is -1.91. The zero-order valence-corrected chi connectivity index (χ0v) is 7.72. The maximum absolute atomic E-state index is 11.1. The number of Topliss-reactive ketones (excluding diaryl/α,β-unsaturated/α-hetero) is 1. The number of fused-ring (bicyclic) bond motifs is 1. The van der Waals surface area contributed by atoms with Crippen molar-refractivity contribution in [3.8, 4) is 0 Å². The summed E-state index contributed by atoms with van der Waals surface area (Å²) < 4.78 is 0. The van der Waals surface area contributed by atoms with E-state index in [4.69, 9.17) is 11.6 Å². The van der Waals surface area contributed by atoms with Crippen LogP contribution in [0.3, 0.4) is 0 Å². The topological polar surface area (TPSA) is 45.8 Å². The summed E-state index contributed by atoms with van der Waals surface area (Å²) in [6, 6.07) is 3.40. The highest BCUT2D eigenvalue weighted by atomic mass is 35.5. The van der Waals surface area contributed by atoms with Crippen LogP contribution in [0.1, 0.15) is 17.3 Å². The molecule has 66 valence electrons. The Labute approximate surface area is 79.7 Å². The number of hydrogen-bond donors (Lipinski definition) is 1. The SMILES string of the molecule is CC(=O)c1cc(Cl)c2cn[nH]c2c1. The zero-order chi connectivity index (χ0) is 9.42. The third-order valence-corrected chi connectivity index (χ3v) is 2.23. The second-order valence-electron chi connectivity index (χ2n) is 2.85. The van der Waals surface area contributed by atoms with Gasteiger partial charge >= 0.3 is 0 Å². The van der Waals surface area contributed by atoms with Gasteiger partial charge in [0.2, 0.25) is 0 Å². The molecule has 0 saturated carbocycles. The number of H-pyrrole nitrogens is 1. The molecule has 1 aromatic carbocycles. The summed E-state index contributed by atoms with van der Waals surface area (Å²) in [7, 11) is 0. The number of ketones is 1. The van der Waals surface area contributed by atoms with Crippen LogP contribution in [0.5, 0.6) is 0 Å². The molecule has 0 aliphatic rings. The Morgan fingerprint density at radius 2 is 2.31 bits per heavy atom. The summed E-state index contributed by atoms with van der Waals surface area (Å²) in [6.45, 7) is 1.51. The Balaban J connectivity index is 2.77. The first-order chi connectivity index (χ1) is 6.18. The van der Waals surface area contributed by atoms with Gasteiger partial charge in [0.1, 0.15) is 0 Å². The van der Waals surface area contributed by atoms with Crippen LogP contribution in [0.2, 0.25) is 5.02 Å². The van der Waals surface area contributed by atoms with Gasteiger partial charge in [-0.2, -0.15) is 5.10 Å². The van der Waals surface area contributed by atoms with Crippen molar-refractivity contribution in [2.75, 3.05) is 0 Å². The molecule has 0 saturated heterocycles. The monoisotopic (exact) mass is 194 g/mol. The quantitative estimate of drug-likeness (QED) is 0.709. The van der Waals surface area contributed by atoms with Gasteiger partial charge < -0.3 is 0 Å². The molecular weight excluding hydrogens is 188 g/mol. The summed E-state index contributed by atoms with van der Waals surface area (Å²) in [5.74, 6) is -0.00148. The highest BCUT2D eigenvalue weighted by Gasteiger charge is 2.06. The van der Waals surface area contributed by atoms with E-state index < -0.39 is 0 Å². The van der Waals surface area contributed by atoms with E-state index in [0.717, 1.165) is 10.9 Å². The Kier molecular flexibility index (Phi) is 1.81. The van der Waals surface area contributed by atoms with E-state index in [1.165, 1.54) is 6.92 Å². The van der Waals surface area contributed by atoms with Gasteiger partial charge in [0.15, 0.2) is 5.78 Å². The molecule has 0 radical (unpaired) electrons. The second-order valence-corrected chi connectivity index (χ2v) is 3.25. The number of carbonyl (C=O) groups is 1. The highest BCUT2D eigenvalue weighted by Crippen LogP contribution is 2.23.